The zero-order valence-electron chi connectivity index (χ0n) is 16.3. The van der Waals surface area contributed by atoms with E-state index in [9.17, 15) is 10.2 Å². The third-order valence-electron chi connectivity index (χ3n) is 4.54. The van der Waals surface area contributed by atoms with Gasteiger partial charge in [0.25, 0.3) is 0 Å². The van der Waals surface area contributed by atoms with Gasteiger partial charge in [-0.1, -0.05) is 40.9 Å². The van der Waals surface area contributed by atoms with Gasteiger partial charge in [-0.25, -0.2) is 0 Å². The Kier molecular flexibility index (Phi) is 6.93. The lowest BCUT2D eigenvalue weighted by molar-refractivity contribution is -0.595. The molecular weight excluding hydrogens is 443 g/mol. The summed E-state index contributed by atoms with van der Waals surface area (Å²) in [6, 6.07) is 10.7. The second-order valence-corrected chi connectivity index (χ2v) is 7.82. The van der Waals surface area contributed by atoms with Gasteiger partial charge in [-0.15, -0.1) is 0 Å². The fourth-order valence-electron chi connectivity index (χ4n) is 2.90. The topological polar surface area (TPSA) is 56.4 Å². The first-order valence-corrected chi connectivity index (χ1v) is 10.2. The second kappa shape index (κ2) is 9.43. The maximum Gasteiger partial charge on any atom is 0.213 e. The summed E-state index contributed by atoms with van der Waals surface area (Å²) in [6.07, 6.45) is 9.55. The average Bonchev–Trinajstić information content (AvgIpc) is 2.73. The van der Waals surface area contributed by atoms with Gasteiger partial charge in [0.15, 0.2) is 18.1 Å². The van der Waals surface area contributed by atoms with Crippen molar-refractivity contribution in [2.75, 3.05) is 5.32 Å². The second-order valence-electron chi connectivity index (χ2n) is 6.60. The molecule has 0 fully saturated rings. The van der Waals surface area contributed by atoms with Crippen LogP contribution in [-0.4, -0.2) is 10.2 Å². The molecule has 3 aromatic rings. The van der Waals surface area contributed by atoms with Crippen molar-refractivity contribution in [3.05, 3.63) is 93.3 Å². The predicted octanol–water partition coefficient (Wildman–Crippen LogP) is 6.67. The van der Waals surface area contributed by atoms with E-state index in [1.165, 1.54) is 0 Å². The molecule has 0 aliphatic heterocycles. The molecule has 3 rings (SSSR count). The summed E-state index contributed by atoms with van der Waals surface area (Å²) in [5, 5.41) is 23.4. The van der Waals surface area contributed by atoms with E-state index in [-0.39, 0.29) is 21.5 Å². The maximum atomic E-state index is 9.76. The van der Waals surface area contributed by atoms with Crippen LogP contribution >= 0.6 is 34.8 Å². The Morgan fingerprint density at radius 3 is 2.10 bits per heavy atom. The fourth-order valence-corrected chi connectivity index (χ4v) is 3.64. The molecule has 0 saturated heterocycles. The average molecular weight is 463 g/mol. The van der Waals surface area contributed by atoms with E-state index in [2.05, 4.69) is 5.32 Å². The first-order valence-electron chi connectivity index (χ1n) is 9.08. The van der Waals surface area contributed by atoms with Gasteiger partial charge in [-0.05, 0) is 48.8 Å². The normalized spacial score (nSPS) is 11.8. The molecule has 0 amide bonds. The number of hydrogen-bond donors (Lipinski definition) is 3. The summed E-state index contributed by atoms with van der Waals surface area (Å²) < 4.78 is 1.86. The monoisotopic (exact) mass is 461 g/mol. The standard InChI is InChI=1S/C23H19Cl3N2O2/c1-3-15(4-7-27-17-10-14(2)22(29)19(24)11-17)16-5-8-28(9-6-16)18-12-20(25)23(30)21(26)13-18/h3-13,27H,1-2H3,(H-,29,30)/p+1/b7-4-,15-3+. The Morgan fingerprint density at radius 1 is 0.933 bits per heavy atom. The molecule has 0 spiro atoms. The molecule has 1 aromatic heterocycles. The van der Waals surface area contributed by atoms with E-state index in [1.807, 2.05) is 60.4 Å². The molecule has 154 valence electrons. The number of rotatable bonds is 5. The summed E-state index contributed by atoms with van der Waals surface area (Å²) in [5.74, 6) is -0.0348. The molecule has 0 saturated carbocycles. The van der Waals surface area contributed by atoms with Crippen molar-refractivity contribution in [2.24, 2.45) is 0 Å². The molecule has 1 heterocycles. The summed E-state index contributed by atoms with van der Waals surface area (Å²) in [4.78, 5) is 0. The first kappa shape index (κ1) is 22.0. The molecule has 0 bridgehead atoms. The number of halogens is 3. The summed E-state index contributed by atoms with van der Waals surface area (Å²) in [6.45, 7) is 3.75. The van der Waals surface area contributed by atoms with Gasteiger partial charge in [0.1, 0.15) is 5.75 Å². The van der Waals surface area contributed by atoms with E-state index >= 15 is 0 Å². The number of nitrogens with zero attached hydrogens (tertiary/aromatic N) is 1. The number of allylic oxidation sites excluding steroid dienone is 3. The number of anilines is 1. The zero-order chi connectivity index (χ0) is 21.8. The fraction of sp³-hybridized carbons (Fsp3) is 0.0870. The van der Waals surface area contributed by atoms with Crippen LogP contribution in [0.25, 0.3) is 11.3 Å². The maximum absolute atomic E-state index is 9.76. The Morgan fingerprint density at radius 2 is 1.53 bits per heavy atom. The molecular formula is C23H20Cl3N2O2+. The number of pyridine rings is 1. The number of hydrogen-bond acceptors (Lipinski definition) is 3. The van der Waals surface area contributed by atoms with Crippen molar-refractivity contribution < 1.29 is 14.8 Å². The highest BCUT2D eigenvalue weighted by molar-refractivity contribution is 6.37. The third kappa shape index (κ3) is 4.90. The van der Waals surface area contributed by atoms with E-state index in [1.54, 1.807) is 25.1 Å². The molecule has 3 N–H and O–H groups in total. The van der Waals surface area contributed by atoms with Crippen molar-refractivity contribution in [1.82, 2.24) is 0 Å². The number of aromatic hydroxyl groups is 2. The van der Waals surface area contributed by atoms with Crippen molar-refractivity contribution in [3.63, 3.8) is 0 Å². The van der Waals surface area contributed by atoms with Gasteiger partial charge >= 0.3 is 0 Å². The van der Waals surface area contributed by atoms with Gasteiger partial charge in [-0.2, -0.15) is 4.57 Å². The number of benzene rings is 2. The minimum Gasteiger partial charge on any atom is -0.506 e. The Labute approximate surface area is 190 Å². The third-order valence-corrected chi connectivity index (χ3v) is 5.40. The van der Waals surface area contributed by atoms with Gasteiger partial charge in [0.2, 0.25) is 5.69 Å². The Balaban J connectivity index is 1.77. The van der Waals surface area contributed by atoms with E-state index in [4.69, 9.17) is 34.8 Å². The lowest BCUT2D eigenvalue weighted by Gasteiger charge is -2.07. The lowest BCUT2D eigenvalue weighted by atomic mass is 10.1. The molecule has 0 unspecified atom stereocenters. The highest BCUT2D eigenvalue weighted by Gasteiger charge is 2.13. The molecule has 2 aromatic carbocycles. The molecule has 0 aliphatic rings. The zero-order valence-corrected chi connectivity index (χ0v) is 18.6. The molecule has 30 heavy (non-hydrogen) atoms. The van der Waals surface area contributed by atoms with Crippen LogP contribution in [0.4, 0.5) is 5.69 Å². The van der Waals surface area contributed by atoms with Crippen LogP contribution in [-0.2, 0) is 0 Å². The lowest BCUT2D eigenvalue weighted by Crippen LogP contribution is -2.29. The highest BCUT2D eigenvalue weighted by atomic mass is 35.5. The Bertz CT molecular complexity index is 1090. The van der Waals surface area contributed by atoms with Crippen molar-refractivity contribution in [3.8, 4) is 17.2 Å². The van der Waals surface area contributed by atoms with Gasteiger partial charge in [-0.3, -0.25) is 0 Å². The van der Waals surface area contributed by atoms with E-state index in [0.29, 0.717) is 10.6 Å². The van der Waals surface area contributed by atoms with Crippen LogP contribution in [0, 0.1) is 6.92 Å². The smallest absolute Gasteiger partial charge is 0.213 e. The van der Waals surface area contributed by atoms with Crippen LogP contribution in [0.5, 0.6) is 11.5 Å². The highest BCUT2D eigenvalue weighted by Crippen LogP contribution is 2.33. The van der Waals surface area contributed by atoms with E-state index < -0.39 is 0 Å². The van der Waals surface area contributed by atoms with Crippen LogP contribution in [0.1, 0.15) is 18.1 Å². The summed E-state index contributed by atoms with van der Waals surface area (Å²) in [7, 11) is 0. The largest absolute Gasteiger partial charge is 0.506 e. The quantitative estimate of drug-likeness (QED) is 0.225. The van der Waals surface area contributed by atoms with Crippen LogP contribution in [0.2, 0.25) is 15.1 Å². The number of aryl methyl sites for hydroxylation is 1. The minimum atomic E-state index is -0.127. The van der Waals surface area contributed by atoms with Crippen LogP contribution in [0.15, 0.2) is 67.1 Å². The van der Waals surface area contributed by atoms with Gasteiger partial charge < -0.3 is 15.5 Å². The molecule has 0 atom stereocenters. The number of aromatic nitrogens is 1. The van der Waals surface area contributed by atoms with Crippen LogP contribution in [0.3, 0.4) is 0 Å². The van der Waals surface area contributed by atoms with Gasteiger partial charge in [0.05, 0.1) is 15.1 Å². The van der Waals surface area contributed by atoms with E-state index in [0.717, 1.165) is 22.5 Å². The minimum absolute atomic E-state index is 0.0918. The molecule has 7 heteroatoms. The molecule has 0 radical (unpaired) electrons. The molecule has 0 aliphatic carbocycles. The number of phenolic OH excluding ortho intramolecular Hbond substituents is 2. The predicted molar refractivity (Wildman–Crippen MR) is 124 cm³/mol. The SMILES string of the molecule is C/C=C(\C=C/Nc1cc(C)c(O)c(Cl)c1)c1cc[n+](-c2cc(Cl)c(O)c(Cl)c2)cc1. The Hall–Kier alpha value is -2.66. The van der Waals surface area contributed by atoms with Gasteiger partial charge in [0, 0.05) is 36.2 Å². The first-order chi connectivity index (χ1) is 14.3. The van der Waals surface area contributed by atoms with Crippen molar-refractivity contribution >= 4 is 46.1 Å². The van der Waals surface area contributed by atoms with Crippen LogP contribution < -0.4 is 9.88 Å². The summed E-state index contributed by atoms with van der Waals surface area (Å²) >= 11 is 18.0. The van der Waals surface area contributed by atoms with Crippen molar-refractivity contribution in [1.29, 1.82) is 0 Å². The number of phenols is 2. The molecule has 4 nitrogen and oxygen atoms in total. The summed E-state index contributed by atoms with van der Waals surface area (Å²) in [5.41, 5.74) is 4.26. The van der Waals surface area contributed by atoms with Crippen molar-refractivity contribution in [2.45, 2.75) is 13.8 Å². The number of nitrogens with one attached hydrogen (secondary N) is 1.